The molecule has 0 fully saturated rings. The van der Waals surface area contributed by atoms with Crippen LogP contribution in [0.25, 0.3) is 0 Å². The molecule has 0 aliphatic carbocycles. The van der Waals surface area contributed by atoms with Crippen molar-refractivity contribution in [2.75, 3.05) is 44.9 Å². The minimum atomic E-state index is 0.599. The fraction of sp³-hybridized carbons (Fsp3) is 0.417. The number of anilines is 2. The molecule has 0 saturated heterocycles. The minimum Gasteiger partial charge on any atom is -0.397 e. The first-order chi connectivity index (χ1) is 7.54. The third-order valence-electron chi connectivity index (χ3n) is 2.45. The van der Waals surface area contributed by atoms with Gasteiger partial charge < -0.3 is 15.5 Å². The molecule has 0 heterocycles. The molecule has 0 aliphatic heterocycles. The Morgan fingerprint density at radius 1 is 1.25 bits per heavy atom. The van der Waals surface area contributed by atoms with E-state index in [2.05, 4.69) is 15.9 Å². The Morgan fingerprint density at radius 2 is 1.94 bits per heavy atom. The number of nitrogens with two attached hydrogens (primary N) is 1. The number of likely N-dealkylation sites (N-methyl/N-ethyl adjacent to an activating group) is 2. The van der Waals surface area contributed by atoms with E-state index in [0.29, 0.717) is 11.3 Å². The van der Waals surface area contributed by atoms with Gasteiger partial charge in [-0.2, -0.15) is 5.26 Å². The first-order valence-electron chi connectivity index (χ1n) is 5.20. The molecule has 0 unspecified atom stereocenters. The SMILES string of the molecule is CN(C)CCN(C)c1ccc(C#N)cc1N. The zero-order valence-electron chi connectivity index (χ0n) is 10.1. The highest BCUT2D eigenvalue weighted by Gasteiger charge is 2.06. The maximum atomic E-state index is 8.74. The van der Waals surface area contributed by atoms with Crippen molar-refractivity contribution in [3.8, 4) is 6.07 Å². The predicted molar refractivity (Wildman–Crippen MR) is 67.4 cm³/mol. The van der Waals surface area contributed by atoms with E-state index in [9.17, 15) is 0 Å². The largest absolute Gasteiger partial charge is 0.397 e. The zero-order valence-corrected chi connectivity index (χ0v) is 10.1. The Morgan fingerprint density at radius 3 is 2.44 bits per heavy atom. The van der Waals surface area contributed by atoms with E-state index in [4.69, 9.17) is 11.0 Å². The number of nitrogens with zero attached hydrogens (tertiary/aromatic N) is 3. The van der Waals surface area contributed by atoms with Gasteiger partial charge in [0, 0.05) is 20.1 Å². The van der Waals surface area contributed by atoms with Gasteiger partial charge in [-0.05, 0) is 32.3 Å². The number of hydrogen-bond acceptors (Lipinski definition) is 4. The number of hydrogen-bond donors (Lipinski definition) is 1. The van der Waals surface area contributed by atoms with Gasteiger partial charge in [-0.15, -0.1) is 0 Å². The molecular weight excluding hydrogens is 200 g/mol. The fourth-order valence-electron chi connectivity index (χ4n) is 1.44. The van der Waals surface area contributed by atoms with Crippen molar-refractivity contribution < 1.29 is 0 Å². The van der Waals surface area contributed by atoms with Gasteiger partial charge >= 0.3 is 0 Å². The smallest absolute Gasteiger partial charge is 0.0992 e. The molecule has 86 valence electrons. The summed E-state index contributed by atoms with van der Waals surface area (Å²) in [5.74, 6) is 0. The second-order valence-corrected chi connectivity index (χ2v) is 4.11. The summed E-state index contributed by atoms with van der Waals surface area (Å²) in [6, 6.07) is 7.47. The topological polar surface area (TPSA) is 56.3 Å². The van der Waals surface area contributed by atoms with Gasteiger partial charge in [0.2, 0.25) is 0 Å². The lowest BCUT2D eigenvalue weighted by Crippen LogP contribution is -2.28. The van der Waals surface area contributed by atoms with Crippen LogP contribution < -0.4 is 10.6 Å². The molecule has 4 heteroatoms. The van der Waals surface area contributed by atoms with Gasteiger partial charge in [-0.25, -0.2) is 0 Å². The summed E-state index contributed by atoms with van der Waals surface area (Å²) in [4.78, 5) is 4.22. The normalized spacial score (nSPS) is 10.2. The lowest BCUT2D eigenvalue weighted by Gasteiger charge is -2.23. The lowest BCUT2D eigenvalue weighted by molar-refractivity contribution is 0.416. The summed E-state index contributed by atoms with van der Waals surface area (Å²) in [6.45, 7) is 1.87. The predicted octanol–water partition coefficient (Wildman–Crippen LogP) is 1.14. The molecule has 0 spiro atoms. The maximum Gasteiger partial charge on any atom is 0.0992 e. The van der Waals surface area contributed by atoms with Crippen molar-refractivity contribution in [1.82, 2.24) is 4.90 Å². The van der Waals surface area contributed by atoms with E-state index < -0.39 is 0 Å². The molecule has 0 aromatic heterocycles. The summed E-state index contributed by atoms with van der Waals surface area (Å²) in [5.41, 5.74) is 8.12. The van der Waals surface area contributed by atoms with E-state index in [-0.39, 0.29) is 0 Å². The molecule has 0 amide bonds. The second kappa shape index (κ2) is 5.38. The van der Waals surface area contributed by atoms with E-state index >= 15 is 0 Å². The molecule has 16 heavy (non-hydrogen) atoms. The molecule has 1 rings (SSSR count). The van der Waals surface area contributed by atoms with Crippen LogP contribution in [-0.2, 0) is 0 Å². The van der Waals surface area contributed by atoms with Crippen molar-refractivity contribution in [3.05, 3.63) is 23.8 Å². The van der Waals surface area contributed by atoms with Crippen LogP contribution in [0, 0.1) is 11.3 Å². The second-order valence-electron chi connectivity index (χ2n) is 4.11. The molecular formula is C12H18N4. The average molecular weight is 218 g/mol. The van der Waals surface area contributed by atoms with Crippen LogP contribution in [-0.4, -0.2) is 39.1 Å². The van der Waals surface area contributed by atoms with Crippen molar-refractivity contribution in [2.24, 2.45) is 0 Å². The summed E-state index contributed by atoms with van der Waals surface area (Å²) < 4.78 is 0. The minimum absolute atomic E-state index is 0.599. The molecule has 0 atom stereocenters. The number of benzene rings is 1. The van der Waals surface area contributed by atoms with Gasteiger partial charge in [0.05, 0.1) is 23.0 Å². The van der Waals surface area contributed by atoms with Crippen LogP contribution in [0.2, 0.25) is 0 Å². The number of nitriles is 1. The van der Waals surface area contributed by atoms with Crippen LogP contribution >= 0.6 is 0 Å². The highest BCUT2D eigenvalue weighted by atomic mass is 15.2. The van der Waals surface area contributed by atoms with Crippen molar-refractivity contribution in [1.29, 1.82) is 5.26 Å². The lowest BCUT2D eigenvalue weighted by atomic mass is 10.2. The summed E-state index contributed by atoms with van der Waals surface area (Å²) in [6.07, 6.45) is 0. The third kappa shape index (κ3) is 3.14. The van der Waals surface area contributed by atoms with Gasteiger partial charge in [0.1, 0.15) is 0 Å². The van der Waals surface area contributed by atoms with Gasteiger partial charge in [0.25, 0.3) is 0 Å². The standard InChI is InChI=1S/C12H18N4/c1-15(2)6-7-16(3)12-5-4-10(9-13)8-11(12)14/h4-5,8H,6-7,14H2,1-3H3. The Labute approximate surface area is 96.9 Å². The van der Waals surface area contributed by atoms with Gasteiger partial charge in [-0.1, -0.05) is 0 Å². The van der Waals surface area contributed by atoms with E-state index in [1.807, 2.05) is 27.2 Å². The van der Waals surface area contributed by atoms with E-state index in [1.165, 1.54) is 0 Å². The van der Waals surface area contributed by atoms with Crippen molar-refractivity contribution in [3.63, 3.8) is 0 Å². The summed E-state index contributed by atoms with van der Waals surface area (Å²) in [5, 5.41) is 8.74. The van der Waals surface area contributed by atoms with Crippen LogP contribution in [0.5, 0.6) is 0 Å². The Balaban J connectivity index is 2.76. The van der Waals surface area contributed by atoms with Crippen molar-refractivity contribution >= 4 is 11.4 Å². The quantitative estimate of drug-likeness (QED) is 0.770. The van der Waals surface area contributed by atoms with Gasteiger partial charge in [0.15, 0.2) is 0 Å². The first-order valence-corrected chi connectivity index (χ1v) is 5.20. The molecule has 1 aromatic carbocycles. The van der Waals surface area contributed by atoms with Crippen LogP contribution in [0.4, 0.5) is 11.4 Å². The summed E-state index contributed by atoms with van der Waals surface area (Å²) >= 11 is 0. The monoisotopic (exact) mass is 218 g/mol. The first kappa shape index (κ1) is 12.3. The molecule has 0 radical (unpaired) electrons. The number of nitrogen functional groups attached to an aromatic ring is 1. The van der Waals surface area contributed by atoms with Crippen LogP contribution in [0.1, 0.15) is 5.56 Å². The van der Waals surface area contributed by atoms with E-state index in [1.54, 1.807) is 12.1 Å². The van der Waals surface area contributed by atoms with Gasteiger partial charge in [-0.3, -0.25) is 0 Å². The molecule has 0 aliphatic rings. The number of rotatable bonds is 4. The third-order valence-corrected chi connectivity index (χ3v) is 2.45. The molecule has 0 saturated carbocycles. The Hall–Kier alpha value is -1.73. The zero-order chi connectivity index (χ0) is 12.1. The molecule has 0 bridgehead atoms. The Kier molecular flexibility index (Phi) is 4.15. The van der Waals surface area contributed by atoms with Crippen molar-refractivity contribution in [2.45, 2.75) is 0 Å². The fourth-order valence-corrected chi connectivity index (χ4v) is 1.44. The molecule has 2 N–H and O–H groups in total. The highest BCUT2D eigenvalue weighted by Crippen LogP contribution is 2.22. The molecule has 1 aromatic rings. The van der Waals surface area contributed by atoms with Crippen LogP contribution in [0.15, 0.2) is 18.2 Å². The molecule has 4 nitrogen and oxygen atoms in total. The maximum absolute atomic E-state index is 8.74. The van der Waals surface area contributed by atoms with E-state index in [0.717, 1.165) is 18.8 Å². The van der Waals surface area contributed by atoms with Crippen LogP contribution in [0.3, 0.4) is 0 Å². The average Bonchev–Trinajstić information content (AvgIpc) is 2.25. The highest BCUT2D eigenvalue weighted by molar-refractivity contribution is 5.69. The Bertz CT molecular complexity index is 392. The summed E-state index contributed by atoms with van der Waals surface area (Å²) in [7, 11) is 6.08.